The van der Waals surface area contributed by atoms with Gasteiger partial charge in [-0.25, -0.2) is 0 Å². The second-order valence-corrected chi connectivity index (χ2v) is 7.39. The number of benzene rings is 1. The van der Waals surface area contributed by atoms with Crippen LogP contribution in [0, 0.1) is 5.92 Å². The van der Waals surface area contributed by atoms with Crippen molar-refractivity contribution < 1.29 is 19.1 Å². The van der Waals surface area contributed by atoms with Crippen molar-refractivity contribution in [2.45, 2.75) is 45.8 Å². The lowest BCUT2D eigenvalue weighted by Gasteiger charge is -2.30. The molecule has 1 aromatic carbocycles. The summed E-state index contributed by atoms with van der Waals surface area (Å²) in [6.07, 6.45) is 2.73. The second-order valence-electron chi connectivity index (χ2n) is 7.39. The molecule has 2 amide bonds. The standard InChI is InChI=1S/C20H29N3O4/c1-3-26-17-8-15-7-13(2)27-18(15)9-16(17)10-22-19(24)12-23-6-4-5-14(11-23)20(21)25/h8-9,13-14H,3-7,10-12H2,1-2H3,(H2,21,25)(H,22,24)/t13-,14+/m1/s1. The number of nitrogens with zero attached hydrogens (tertiary/aromatic N) is 1. The van der Waals surface area contributed by atoms with Gasteiger partial charge in [-0.15, -0.1) is 0 Å². The van der Waals surface area contributed by atoms with Crippen molar-refractivity contribution in [1.82, 2.24) is 10.2 Å². The molecule has 1 saturated heterocycles. The van der Waals surface area contributed by atoms with Crippen LogP contribution in [0.15, 0.2) is 12.1 Å². The average Bonchev–Trinajstić information content (AvgIpc) is 2.99. The van der Waals surface area contributed by atoms with Crippen LogP contribution >= 0.6 is 0 Å². The zero-order valence-electron chi connectivity index (χ0n) is 16.1. The van der Waals surface area contributed by atoms with Crippen LogP contribution in [0.5, 0.6) is 11.5 Å². The number of piperidine rings is 1. The highest BCUT2D eigenvalue weighted by Gasteiger charge is 2.25. The van der Waals surface area contributed by atoms with Gasteiger partial charge in [0, 0.05) is 30.6 Å². The fraction of sp³-hybridized carbons (Fsp3) is 0.600. The maximum atomic E-state index is 12.4. The molecule has 2 aliphatic rings. The van der Waals surface area contributed by atoms with Crippen LogP contribution in [-0.2, 0) is 22.6 Å². The Balaban J connectivity index is 1.58. The second kappa shape index (κ2) is 8.61. The molecule has 7 heteroatoms. The van der Waals surface area contributed by atoms with Gasteiger partial charge in [0.05, 0.1) is 19.1 Å². The third-order valence-electron chi connectivity index (χ3n) is 5.13. The molecule has 0 saturated carbocycles. The van der Waals surface area contributed by atoms with E-state index < -0.39 is 0 Å². The maximum Gasteiger partial charge on any atom is 0.234 e. The van der Waals surface area contributed by atoms with Gasteiger partial charge >= 0.3 is 0 Å². The summed E-state index contributed by atoms with van der Waals surface area (Å²) in [7, 11) is 0. The number of ether oxygens (including phenoxy) is 2. The number of amides is 2. The summed E-state index contributed by atoms with van der Waals surface area (Å²) in [5.41, 5.74) is 7.46. The molecule has 1 fully saturated rings. The Bertz CT molecular complexity index is 707. The molecular weight excluding hydrogens is 346 g/mol. The number of fused-ring (bicyclic) bond motifs is 1. The molecule has 2 aliphatic heterocycles. The molecule has 0 radical (unpaired) electrons. The maximum absolute atomic E-state index is 12.4. The number of carbonyl (C=O) groups is 2. The average molecular weight is 375 g/mol. The lowest BCUT2D eigenvalue weighted by molar-refractivity contribution is -0.126. The first-order valence-electron chi connectivity index (χ1n) is 9.70. The number of hydrogen-bond donors (Lipinski definition) is 2. The van der Waals surface area contributed by atoms with Gasteiger partial charge in [0.2, 0.25) is 11.8 Å². The zero-order valence-corrected chi connectivity index (χ0v) is 16.1. The Kier molecular flexibility index (Phi) is 6.21. The van der Waals surface area contributed by atoms with Crippen LogP contribution in [0.2, 0.25) is 0 Å². The molecule has 0 aliphatic carbocycles. The number of rotatable bonds is 7. The topological polar surface area (TPSA) is 93.9 Å². The van der Waals surface area contributed by atoms with Crippen molar-refractivity contribution in [3.05, 3.63) is 23.3 Å². The van der Waals surface area contributed by atoms with Crippen molar-refractivity contribution in [1.29, 1.82) is 0 Å². The van der Waals surface area contributed by atoms with Crippen molar-refractivity contribution >= 4 is 11.8 Å². The predicted octanol–water partition coefficient (Wildman–Crippen LogP) is 1.22. The van der Waals surface area contributed by atoms with Crippen LogP contribution in [0.3, 0.4) is 0 Å². The highest BCUT2D eigenvalue weighted by atomic mass is 16.5. The summed E-state index contributed by atoms with van der Waals surface area (Å²) in [5.74, 6) is 1.15. The summed E-state index contributed by atoms with van der Waals surface area (Å²) >= 11 is 0. The number of likely N-dealkylation sites (tertiary alicyclic amines) is 1. The minimum Gasteiger partial charge on any atom is -0.494 e. The number of hydrogen-bond acceptors (Lipinski definition) is 5. The van der Waals surface area contributed by atoms with E-state index in [1.165, 1.54) is 0 Å². The van der Waals surface area contributed by atoms with E-state index in [9.17, 15) is 9.59 Å². The monoisotopic (exact) mass is 375 g/mol. The van der Waals surface area contributed by atoms with Gasteiger partial charge in [-0.3, -0.25) is 14.5 Å². The van der Waals surface area contributed by atoms with E-state index in [1.54, 1.807) is 0 Å². The van der Waals surface area contributed by atoms with Crippen LogP contribution in [0.4, 0.5) is 0 Å². The minimum absolute atomic E-state index is 0.0719. The molecule has 3 rings (SSSR count). The highest BCUT2D eigenvalue weighted by Crippen LogP contribution is 2.35. The Morgan fingerprint density at radius 3 is 2.96 bits per heavy atom. The molecule has 7 nitrogen and oxygen atoms in total. The number of nitrogens with one attached hydrogen (secondary N) is 1. The quantitative estimate of drug-likeness (QED) is 0.747. The number of nitrogens with two attached hydrogens (primary N) is 1. The third-order valence-corrected chi connectivity index (χ3v) is 5.13. The Morgan fingerprint density at radius 1 is 1.41 bits per heavy atom. The summed E-state index contributed by atoms with van der Waals surface area (Å²) in [5, 5.41) is 2.96. The number of primary amides is 1. The highest BCUT2D eigenvalue weighted by molar-refractivity contribution is 5.79. The van der Waals surface area contributed by atoms with Crippen LogP contribution in [-0.4, -0.2) is 49.1 Å². The normalized spacial score (nSPS) is 22.0. The van der Waals surface area contributed by atoms with Gasteiger partial charge in [-0.2, -0.15) is 0 Å². The molecule has 0 spiro atoms. The van der Waals surface area contributed by atoms with Gasteiger partial charge in [0.25, 0.3) is 0 Å². The van der Waals surface area contributed by atoms with Crippen molar-refractivity contribution in [2.24, 2.45) is 11.7 Å². The van der Waals surface area contributed by atoms with E-state index in [4.69, 9.17) is 15.2 Å². The smallest absolute Gasteiger partial charge is 0.234 e. The SMILES string of the molecule is CCOc1cc2c(cc1CNC(=O)CN1CCC[C@H](C(N)=O)C1)O[C@H](C)C2. The predicted molar refractivity (Wildman–Crippen MR) is 102 cm³/mol. The molecule has 2 atom stereocenters. The van der Waals surface area contributed by atoms with Gasteiger partial charge in [-0.1, -0.05) is 0 Å². The van der Waals surface area contributed by atoms with Crippen LogP contribution in [0.1, 0.15) is 37.8 Å². The fourth-order valence-corrected chi connectivity index (χ4v) is 3.79. The first-order chi connectivity index (χ1) is 13.0. The van der Waals surface area contributed by atoms with Crippen LogP contribution < -0.4 is 20.5 Å². The fourth-order valence-electron chi connectivity index (χ4n) is 3.79. The van der Waals surface area contributed by atoms with Crippen molar-refractivity contribution in [3.8, 4) is 11.5 Å². The molecule has 0 unspecified atom stereocenters. The van der Waals surface area contributed by atoms with E-state index in [1.807, 2.05) is 30.9 Å². The molecule has 1 aromatic rings. The summed E-state index contributed by atoms with van der Waals surface area (Å²) in [6, 6.07) is 3.99. The molecule has 2 heterocycles. The van der Waals surface area contributed by atoms with Gasteiger partial charge < -0.3 is 20.5 Å². The lowest BCUT2D eigenvalue weighted by Crippen LogP contribution is -2.45. The molecule has 3 N–H and O–H groups in total. The molecular formula is C20H29N3O4. The van der Waals surface area contributed by atoms with E-state index in [0.29, 0.717) is 19.7 Å². The lowest BCUT2D eigenvalue weighted by atomic mass is 9.97. The Morgan fingerprint density at radius 2 is 2.22 bits per heavy atom. The summed E-state index contributed by atoms with van der Waals surface area (Å²) in [6.45, 7) is 6.57. The molecule has 0 bridgehead atoms. The summed E-state index contributed by atoms with van der Waals surface area (Å²) < 4.78 is 11.6. The van der Waals surface area contributed by atoms with Gasteiger partial charge in [0.1, 0.15) is 17.6 Å². The first-order valence-corrected chi connectivity index (χ1v) is 9.70. The third kappa shape index (κ3) is 4.91. The van der Waals surface area contributed by atoms with Crippen molar-refractivity contribution in [3.63, 3.8) is 0 Å². The molecule has 0 aromatic heterocycles. The van der Waals surface area contributed by atoms with E-state index >= 15 is 0 Å². The molecule has 27 heavy (non-hydrogen) atoms. The van der Waals surface area contributed by atoms with Crippen LogP contribution in [0.25, 0.3) is 0 Å². The zero-order chi connectivity index (χ0) is 19.4. The first kappa shape index (κ1) is 19.5. The van der Waals surface area contributed by atoms with E-state index in [0.717, 1.165) is 48.4 Å². The Labute approximate surface area is 160 Å². The van der Waals surface area contributed by atoms with Crippen molar-refractivity contribution in [2.75, 3.05) is 26.2 Å². The molecule has 148 valence electrons. The largest absolute Gasteiger partial charge is 0.494 e. The van der Waals surface area contributed by atoms with Gasteiger partial charge in [-0.05, 0) is 45.4 Å². The Hall–Kier alpha value is -2.28. The minimum atomic E-state index is -0.283. The summed E-state index contributed by atoms with van der Waals surface area (Å²) in [4.78, 5) is 25.7. The van der Waals surface area contributed by atoms with E-state index in [-0.39, 0.29) is 30.4 Å². The van der Waals surface area contributed by atoms with E-state index in [2.05, 4.69) is 5.32 Å². The van der Waals surface area contributed by atoms with Gasteiger partial charge in [0.15, 0.2) is 0 Å². The number of carbonyl (C=O) groups excluding carboxylic acids is 2.